The van der Waals surface area contributed by atoms with Gasteiger partial charge in [-0.2, -0.15) is 18.2 Å². The van der Waals surface area contributed by atoms with Gasteiger partial charge in [0, 0.05) is 17.7 Å². The van der Waals surface area contributed by atoms with Crippen molar-refractivity contribution in [3.05, 3.63) is 52.5 Å². The Hall–Kier alpha value is -2.64. The van der Waals surface area contributed by atoms with E-state index in [9.17, 15) is 18.0 Å². The van der Waals surface area contributed by atoms with Crippen molar-refractivity contribution in [1.29, 1.82) is 0 Å². The molecular formula is C18H17F3N4O. The Balaban J connectivity index is 1.90. The van der Waals surface area contributed by atoms with Crippen LogP contribution in [0.3, 0.4) is 0 Å². The number of aromatic nitrogens is 3. The van der Waals surface area contributed by atoms with E-state index in [4.69, 9.17) is 0 Å². The summed E-state index contributed by atoms with van der Waals surface area (Å²) in [5.74, 6) is -1.13. The molecule has 2 aliphatic rings. The number of nitrogens with one attached hydrogen (secondary N) is 1. The van der Waals surface area contributed by atoms with Crippen molar-refractivity contribution in [2.75, 3.05) is 5.32 Å². The van der Waals surface area contributed by atoms with Gasteiger partial charge in [0.1, 0.15) is 6.04 Å². The molecule has 2 heterocycles. The van der Waals surface area contributed by atoms with Crippen molar-refractivity contribution in [3.63, 3.8) is 0 Å². The van der Waals surface area contributed by atoms with Crippen LogP contribution in [-0.2, 0) is 11.0 Å². The number of hydrogen-bond acceptors (Lipinski definition) is 4. The van der Waals surface area contributed by atoms with E-state index in [1.54, 1.807) is 0 Å². The number of ketones is 1. The minimum Gasteiger partial charge on any atom is -0.328 e. The number of carbonyl (C=O) groups is 1. The Morgan fingerprint density at radius 3 is 2.54 bits per heavy atom. The lowest BCUT2D eigenvalue weighted by atomic mass is 9.81. The minimum absolute atomic E-state index is 0.0172. The molecule has 1 N–H and O–H groups in total. The van der Waals surface area contributed by atoms with Crippen LogP contribution in [0.5, 0.6) is 0 Å². The number of alkyl halides is 3. The zero-order chi connectivity index (χ0) is 18.6. The van der Waals surface area contributed by atoms with Crippen LogP contribution in [0.15, 0.2) is 35.5 Å². The lowest BCUT2D eigenvalue weighted by Crippen LogP contribution is -2.33. The van der Waals surface area contributed by atoms with Crippen LogP contribution in [0.1, 0.15) is 42.8 Å². The molecule has 26 heavy (non-hydrogen) atoms. The fraction of sp³-hybridized carbons (Fsp3) is 0.389. The maximum atomic E-state index is 13.1. The second-order valence-corrected chi connectivity index (χ2v) is 6.97. The molecule has 0 unspecified atom stereocenters. The highest BCUT2D eigenvalue weighted by Crippen LogP contribution is 2.42. The number of benzene rings is 1. The summed E-state index contributed by atoms with van der Waals surface area (Å²) < 4.78 is 40.5. The number of carbonyl (C=O) groups excluding carboxylic acids is 1. The summed E-state index contributed by atoms with van der Waals surface area (Å²) in [6.07, 6.45) is -3.68. The third kappa shape index (κ3) is 2.69. The van der Waals surface area contributed by atoms with E-state index >= 15 is 0 Å². The van der Waals surface area contributed by atoms with E-state index in [1.165, 1.54) is 4.68 Å². The van der Waals surface area contributed by atoms with Gasteiger partial charge in [-0.25, -0.2) is 4.68 Å². The second kappa shape index (κ2) is 5.69. The molecule has 4 rings (SSSR count). The van der Waals surface area contributed by atoms with E-state index < -0.39 is 18.0 Å². The van der Waals surface area contributed by atoms with Gasteiger partial charge < -0.3 is 5.32 Å². The molecule has 0 radical (unpaired) electrons. The number of aryl methyl sites for hydroxylation is 1. The Morgan fingerprint density at radius 1 is 1.19 bits per heavy atom. The van der Waals surface area contributed by atoms with Crippen LogP contribution >= 0.6 is 0 Å². The number of fused-ring (bicyclic) bond motifs is 1. The Morgan fingerprint density at radius 2 is 1.88 bits per heavy atom. The fourth-order valence-electron chi connectivity index (χ4n) is 3.58. The van der Waals surface area contributed by atoms with Gasteiger partial charge in [0.05, 0.1) is 0 Å². The summed E-state index contributed by atoms with van der Waals surface area (Å²) in [5.41, 5.74) is 2.87. The van der Waals surface area contributed by atoms with E-state index in [-0.39, 0.29) is 17.6 Å². The van der Waals surface area contributed by atoms with Gasteiger partial charge in [-0.05, 0) is 24.8 Å². The highest BCUT2D eigenvalue weighted by molar-refractivity contribution is 5.99. The molecule has 0 fully saturated rings. The predicted molar refractivity (Wildman–Crippen MR) is 88.4 cm³/mol. The molecule has 2 aromatic rings. The molecule has 0 saturated heterocycles. The summed E-state index contributed by atoms with van der Waals surface area (Å²) in [7, 11) is 0. The van der Waals surface area contributed by atoms with Crippen LogP contribution in [-0.4, -0.2) is 20.5 Å². The van der Waals surface area contributed by atoms with Crippen LogP contribution in [0.4, 0.5) is 19.1 Å². The zero-order valence-corrected chi connectivity index (χ0v) is 14.3. The largest absolute Gasteiger partial charge is 0.453 e. The second-order valence-electron chi connectivity index (χ2n) is 6.97. The van der Waals surface area contributed by atoms with Crippen LogP contribution in [0, 0.1) is 12.8 Å². The topological polar surface area (TPSA) is 59.8 Å². The molecule has 1 aliphatic carbocycles. The number of allylic oxidation sites excluding steroid dienone is 2. The first-order chi connectivity index (χ1) is 12.2. The van der Waals surface area contributed by atoms with Crippen molar-refractivity contribution >= 4 is 11.7 Å². The van der Waals surface area contributed by atoms with Gasteiger partial charge in [0.2, 0.25) is 5.95 Å². The van der Waals surface area contributed by atoms with Gasteiger partial charge in [0.15, 0.2) is 5.78 Å². The van der Waals surface area contributed by atoms with Crippen LogP contribution in [0.2, 0.25) is 0 Å². The molecule has 2 atom stereocenters. The van der Waals surface area contributed by atoms with Crippen LogP contribution < -0.4 is 5.32 Å². The molecule has 8 heteroatoms. The first-order valence-electron chi connectivity index (χ1n) is 8.37. The maximum absolute atomic E-state index is 13.1. The van der Waals surface area contributed by atoms with Gasteiger partial charge in [-0.1, -0.05) is 36.8 Å². The molecule has 5 nitrogen and oxygen atoms in total. The van der Waals surface area contributed by atoms with E-state index in [1.807, 2.05) is 38.1 Å². The van der Waals surface area contributed by atoms with Crippen LogP contribution in [0.25, 0.3) is 0 Å². The number of rotatable bonds is 1. The third-order valence-electron chi connectivity index (χ3n) is 4.77. The van der Waals surface area contributed by atoms with Crippen molar-refractivity contribution < 1.29 is 18.0 Å². The summed E-state index contributed by atoms with van der Waals surface area (Å²) in [5, 5.41) is 6.59. The van der Waals surface area contributed by atoms with E-state index in [2.05, 4.69) is 15.4 Å². The average molecular weight is 362 g/mol. The van der Waals surface area contributed by atoms with Gasteiger partial charge in [-0.3, -0.25) is 4.79 Å². The number of halogens is 3. The first-order valence-corrected chi connectivity index (χ1v) is 8.37. The molecular weight excluding hydrogens is 345 g/mol. The number of Topliss-reactive ketones (excluding diaryl/α,β-unsaturated/α-hetero) is 1. The van der Waals surface area contributed by atoms with Gasteiger partial charge >= 0.3 is 6.18 Å². The predicted octanol–water partition coefficient (Wildman–Crippen LogP) is 3.87. The lowest BCUT2D eigenvalue weighted by Gasteiger charge is -2.34. The molecule has 0 saturated carbocycles. The summed E-state index contributed by atoms with van der Waals surface area (Å²) in [6.45, 7) is 3.87. The Labute approximate surface area is 147 Å². The molecule has 1 aromatic heterocycles. The normalized spacial score (nSPS) is 22.7. The quantitative estimate of drug-likeness (QED) is 0.837. The molecule has 1 aromatic carbocycles. The summed E-state index contributed by atoms with van der Waals surface area (Å²) in [6, 6.07) is 6.68. The number of hydrogen-bond donors (Lipinski definition) is 1. The minimum atomic E-state index is -4.65. The maximum Gasteiger partial charge on any atom is 0.453 e. The standard InChI is InChI=1S/C18H17F3N4O/c1-9-3-5-11(6-4-9)15-14-12(7-10(2)8-13(14)26)22-17-23-16(18(19,20)21)24-25(15)17/h3-6,10,15H,7-8H2,1-2H3,(H,22,23,24)/t10-,15+/m0/s1. The molecule has 0 bridgehead atoms. The van der Waals surface area contributed by atoms with Gasteiger partial charge in [-0.15, -0.1) is 5.10 Å². The average Bonchev–Trinajstić information content (AvgIpc) is 2.97. The SMILES string of the molecule is Cc1ccc([C@@H]2C3=C(C[C@H](C)CC3=O)Nc3nc(C(F)(F)F)nn32)cc1. The highest BCUT2D eigenvalue weighted by atomic mass is 19.4. The smallest absolute Gasteiger partial charge is 0.328 e. The van der Waals surface area contributed by atoms with Crippen molar-refractivity contribution in [2.24, 2.45) is 5.92 Å². The fourth-order valence-corrected chi connectivity index (χ4v) is 3.58. The van der Waals surface area contributed by atoms with Gasteiger partial charge in [0.25, 0.3) is 5.82 Å². The van der Waals surface area contributed by atoms with E-state index in [0.29, 0.717) is 29.7 Å². The number of nitrogens with zero attached hydrogens (tertiary/aromatic N) is 3. The first kappa shape index (κ1) is 16.8. The highest BCUT2D eigenvalue weighted by Gasteiger charge is 2.42. The summed E-state index contributed by atoms with van der Waals surface area (Å²) >= 11 is 0. The lowest BCUT2D eigenvalue weighted by molar-refractivity contribution is -0.145. The summed E-state index contributed by atoms with van der Waals surface area (Å²) in [4.78, 5) is 16.3. The molecule has 1 aliphatic heterocycles. The Bertz CT molecular complexity index is 912. The number of anilines is 1. The zero-order valence-electron chi connectivity index (χ0n) is 14.3. The third-order valence-corrected chi connectivity index (χ3v) is 4.77. The van der Waals surface area contributed by atoms with Crippen molar-refractivity contribution in [2.45, 2.75) is 38.9 Å². The monoisotopic (exact) mass is 362 g/mol. The van der Waals surface area contributed by atoms with Crippen molar-refractivity contribution in [3.8, 4) is 0 Å². The molecule has 0 spiro atoms. The Kier molecular flexibility index (Phi) is 3.68. The molecule has 0 amide bonds. The van der Waals surface area contributed by atoms with Crippen molar-refractivity contribution in [1.82, 2.24) is 14.8 Å². The molecule has 136 valence electrons. The van der Waals surface area contributed by atoms with E-state index in [0.717, 1.165) is 5.56 Å².